The summed E-state index contributed by atoms with van der Waals surface area (Å²) in [5.74, 6) is -0.462. The Balaban J connectivity index is 1.62. The first-order valence-electron chi connectivity index (χ1n) is 9.63. The lowest BCUT2D eigenvalue weighted by Gasteiger charge is -2.25. The number of hydrogen-bond acceptors (Lipinski definition) is 5. The Morgan fingerprint density at radius 2 is 1.70 bits per heavy atom. The lowest BCUT2D eigenvalue weighted by Crippen LogP contribution is -2.41. The van der Waals surface area contributed by atoms with Crippen LogP contribution in [0, 0.1) is 11.3 Å². The molecule has 0 saturated carbocycles. The molecule has 1 unspecified atom stereocenters. The molecule has 0 aliphatic carbocycles. The number of amides is 1. The molecule has 0 aromatic heterocycles. The van der Waals surface area contributed by atoms with Gasteiger partial charge in [-0.2, -0.15) is 5.26 Å². The van der Waals surface area contributed by atoms with Crippen LogP contribution >= 0.6 is 0 Å². The summed E-state index contributed by atoms with van der Waals surface area (Å²) < 4.78 is 10.9. The van der Waals surface area contributed by atoms with Crippen molar-refractivity contribution in [3.8, 4) is 11.8 Å². The smallest absolute Gasteiger partial charge is 0.344 e. The molecule has 0 bridgehead atoms. The normalized spacial score (nSPS) is 11.3. The molecule has 3 rings (SSSR count). The van der Waals surface area contributed by atoms with Crippen LogP contribution in [0.5, 0.6) is 5.75 Å². The fourth-order valence-electron chi connectivity index (χ4n) is 3.10. The first kappa shape index (κ1) is 20.9. The largest absolute Gasteiger partial charge is 0.481 e. The van der Waals surface area contributed by atoms with E-state index in [2.05, 4.69) is 0 Å². The molecule has 6 heteroatoms. The first-order chi connectivity index (χ1) is 14.6. The van der Waals surface area contributed by atoms with Gasteiger partial charge in [0.2, 0.25) is 0 Å². The van der Waals surface area contributed by atoms with E-state index in [0.29, 0.717) is 11.4 Å². The van der Waals surface area contributed by atoms with Crippen molar-refractivity contribution in [3.05, 3.63) is 72.8 Å². The van der Waals surface area contributed by atoms with Crippen LogP contribution < -0.4 is 9.64 Å². The Bertz CT molecular complexity index is 1050. The van der Waals surface area contributed by atoms with Gasteiger partial charge in [0.05, 0.1) is 12.5 Å². The number of ether oxygens (including phenoxy) is 2. The van der Waals surface area contributed by atoms with E-state index in [1.54, 1.807) is 30.3 Å². The van der Waals surface area contributed by atoms with Crippen molar-refractivity contribution < 1.29 is 19.1 Å². The SMILES string of the molecule is CC(OC(=O)COc1cccc2ccccc12)C(=O)N(CCC#N)c1ccccc1. The Kier molecular flexibility index (Phi) is 7.01. The van der Waals surface area contributed by atoms with Crippen LogP contribution in [-0.2, 0) is 14.3 Å². The number of fused-ring (bicyclic) bond motifs is 1. The Morgan fingerprint density at radius 1 is 1.00 bits per heavy atom. The van der Waals surface area contributed by atoms with E-state index < -0.39 is 18.0 Å². The Morgan fingerprint density at radius 3 is 2.47 bits per heavy atom. The van der Waals surface area contributed by atoms with E-state index in [1.165, 1.54) is 11.8 Å². The number of benzene rings is 3. The van der Waals surface area contributed by atoms with E-state index in [9.17, 15) is 9.59 Å². The second kappa shape index (κ2) is 10.1. The van der Waals surface area contributed by atoms with Crippen molar-refractivity contribution in [1.29, 1.82) is 5.26 Å². The van der Waals surface area contributed by atoms with E-state index in [4.69, 9.17) is 14.7 Å². The van der Waals surface area contributed by atoms with Crippen molar-refractivity contribution in [3.63, 3.8) is 0 Å². The minimum Gasteiger partial charge on any atom is -0.481 e. The van der Waals surface area contributed by atoms with Gasteiger partial charge >= 0.3 is 5.97 Å². The van der Waals surface area contributed by atoms with Gasteiger partial charge in [0.25, 0.3) is 5.91 Å². The van der Waals surface area contributed by atoms with E-state index in [0.717, 1.165) is 10.8 Å². The molecule has 3 aromatic carbocycles. The average Bonchev–Trinajstić information content (AvgIpc) is 2.78. The highest BCUT2D eigenvalue weighted by molar-refractivity contribution is 5.97. The predicted molar refractivity (Wildman–Crippen MR) is 114 cm³/mol. The summed E-state index contributed by atoms with van der Waals surface area (Å²) in [4.78, 5) is 26.6. The van der Waals surface area contributed by atoms with Gasteiger partial charge in [-0.05, 0) is 30.5 Å². The maximum Gasteiger partial charge on any atom is 0.344 e. The third-order valence-corrected chi connectivity index (χ3v) is 4.53. The van der Waals surface area contributed by atoms with Crippen molar-refractivity contribution in [2.24, 2.45) is 0 Å². The van der Waals surface area contributed by atoms with Crippen LogP contribution in [0.25, 0.3) is 10.8 Å². The summed E-state index contributed by atoms with van der Waals surface area (Å²) in [6.07, 6.45) is -0.835. The van der Waals surface area contributed by atoms with Crippen LogP contribution in [-0.4, -0.2) is 31.1 Å². The molecule has 0 spiro atoms. The number of para-hydroxylation sites is 1. The lowest BCUT2D eigenvalue weighted by atomic mass is 10.1. The number of anilines is 1. The summed E-state index contributed by atoms with van der Waals surface area (Å²) in [6.45, 7) is 1.42. The van der Waals surface area contributed by atoms with Gasteiger partial charge in [-0.15, -0.1) is 0 Å². The molecular weight excluding hydrogens is 380 g/mol. The molecule has 0 fully saturated rings. The zero-order chi connectivity index (χ0) is 21.3. The van der Waals surface area contributed by atoms with Crippen molar-refractivity contribution in [2.45, 2.75) is 19.4 Å². The monoisotopic (exact) mass is 402 g/mol. The standard InChI is InChI=1S/C24H22N2O4/c1-18(24(28)26(16-8-15-25)20-11-3-2-4-12-20)30-23(27)17-29-22-14-7-10-19-9-5-6-13-21(19)22/h2-7,9-14,18H,8,16-17H2,1H3. The highest BCUT2D eigenvalue weighted by Gasteiger charge is 2.25. The summed E-state index contributed by atoms with van der Waals surface area (Å²) in [7, 11) is 0. The van der Waals surface area contributed by atoms with Gasteiger partial charge in [0.15, 0.2) is 12.7 Å². The second-order valence-electron chi connectivity index (χ2n) is 6.63. The number of carbonyl (C=O) groups excluding carboxylic acids is 2. The van der Waals surface area contributed by atoms with Crippen molar-refractivity contribution in [2.75, 3.05) is 18.1 Å². The zero-order valence-electron chi connectivity index (χ0n) is 16.7. The third-order valence-electron chi connectivity index (χ3n) is 4.53. The predicted octanol–water partition coefficient (Wildman–Crippen LogP) is 4.10. The summed E-state index contributed by atoms with van der Waals surface area (Å²) in [5, 5.41) is 10.8. The Hall–Kier alpha value is -3.85. The molecule has 1 amide bonds. The number of hydrogen-bond donors (Lipinski definition) is 0. The molecule has 0 aliphatic heterocycles. The molecule has 0 saturated heterocycles. The quantitative estimate of drug-likeness (QED) is 0.530. The van der Waals surface area contributed by atoms with Crippen LogP contribution in [0.4, 0.5) is 5.69 Å². The number of nitrogens with zero attached hydrogens (tertiary/aromatic N) is 2. The minimum atomic E-state index is -1.01. The number of rotatable bonds is 8. The molecular formula is C24H22N2O4. The van der Waals surface area contributed by atoms with Gasteiger partial charge in [0.1, 0.15) is 5.75 Å². The molecule has 3 aromatic rings. The van der Waals surface area contributed by atoms with E-state index in [1.807, 2.05) is 48.5 Å². The van der Waals surface area contributed by atoms with Crippen molar-refractivity contribution in [1.82, 2.24) is 0 Å². The van der Waals surface area contributed by atoms with Gasteiger partial charge < -0.3 is 14.4 Å². The molecule has 0 heterocycles. The molecule has 0 aliphatic rings. The number of esters is 1. The molecule has 0 radical (unpaired) electrons. The topological polar surface area (TPSA) is 79.6 Å². The molecule has 6 nitrogen and oxygen atoms in total. The Labute approximate surface area is 175 Å². The third kappa shape index (κ3) is 5.15. The van der Waals surface area contributed by atoms with Crippen LogP contribution in [0.1, 0.15) is 13.3 Å². The van der Waals surface area contributed by atoms with Gasteiger partial charge in [-0.3, -0.25) is 4.79 Å². The maximum atomic E-state index is 12.8. The molecule has 152 valence electrons. The minimum absolute atomic E-state index is 0.172. The van der Waals surface area contributed by atoms with E-state index in [-0.39, 0.29) is 19.6 Å². The average molecular weight is 402 g/mol. The summed E-state index contributed by atoms with van der Waals surface area (Å²) in [6, 6.07) is 24.3. The zero-order valence-corrected chi connectivity index (χ0v) is 16.7. The molecule has 30 heavy (non-hydrogen) atoms. The summed E-state index contributed by atoms with van der Waals surface area (Å²) >= 11 is 0. The van der Waals surface area contributed by atoms with Crippen LogP contribution in [0.3, 0.4) is 0 Å². The van der Waals surface area contributed by atoms with Crippen LogP contribution in [0.2, 0.25) is 0 Å². The highest BCUT2D eigenvalue weighted by Crippen LogP contribution is 2.25. The first-order valence-corrected chi connectivity index (χ1v) is 9.63. The fourth-order valence-corrected chi connectivity index (χ4v) is 3.10. The number of carbonyl (C=O) groups is 2. The highest BCUT2D eigenvalue weighted by atomic mass is 16.6. The van der Waals surface area contributed by atoms with Crippen LogP contribution in [0.15, 0.2) is 72.8 Å². The molecule has 1 atom stereocenters. The van der Waals surface area contributed by atoms with Gasteiger partial charge in [-0.25, -0.2) is 4.79 Å². The molecule has 0 N–H and O–H groups in total. The lowest BCUT2D eigenvalue weighted by molar-refractivity contribution is -0.155. The fraction of sp³-hybridized carbons (Fsp3) is 0.208. The number of nitriles is 1. The second-order valence-corrected chi connectivity index (χ2v) is 6.63. The van der Waals surface area contributed by atoms with E-state index >= 15 is 0 Å². The van der Waals surface area contributed by atoms with Crippen molar-refractivity contribution >= 4 is 28.3 Å². The maximum absolute atomic E-state index is 12.8. The summed E-state index contributed by atoms with van der Waals surface area (Å²) in [5.41, 5.74) is 0.646. The van der Waals surface area contributed by atoms with Gasteiger partial charge in [0, 0.05) is 17.6 Å². The van der Waals surface area contributed by atoms with Gasteiger partial charge in [-0.1, -0.05) is 54.6 Å².